The SMILES string of the molecule is Cc1c[c-]c(C2[N-]c3ccc4ccccc4c3N2c2ccccc2)c2oc3ccccc3c12.[2H]C([2H])([2H])c1c[c-]c(-c2cc(C([2H])(C)C)c([Si](C)(C)C)cn2)c(F)c1.[Ir+3]. The molecule has 8 aromatic rings. The van der Waals surface area contributed by atoms with Gasteiger partial charge in [-0.15, -0.1) is 40.6 Å². The third kappa shape index (κ3) is 7.13. The molecule has 1 aliphatic heterocycles. The number of halogens is 1. The van der Waals surface area contributed by atoms with Gasteiger partial charge in [-0.1, -0.05) is 143 Å². The van der Waals surface area contributed by atoms with Crippen molar-refractivity contribution in [1.82, 2.24) is 4.98 Å². The van der Waals surface area contributed by atoms with Crippen LogP contribution in [-0.2, 0) is 20.1 Å². The van der Waals surface area contributed by atoms with Gasteiger partial charge in [0.25, 0.3) is 0 Å². The van der Waals surface area contributed by atoms with Gasteiger partial charge in [-0.05, 0) is 46.5 Å². The minimum atomic E-state index is -2.38. The zero-order chi connectivity index (χ0) is 41.1. The van der Waals surface area contributed by atoms with Crippen LogP contribution in [0.1, 0.15) is 53.6 Å². The van der Waals surface area contributed by atoms with Crippen molar-refractivity contribution in [3.63, 3.8) is 0 Å². The van der Waals surface area contributed by atoms with Crippen molar-refractivity contribution in [1.29, 1.82) is 0 Å². The molecule has 0 amide bonds. The predicted octanol–water partition coefficient (Wildman–Crippen LogP) is 13.4. The molecular formula is C48H43FIrN3OSi. The number of aromatic nitrogens is 1. The van der Waals surface area contributed by atoms with E-state index in [2.05, 4.69) is 127 Å². The second kappa shape index (κ2) is 15.2. The van der Waals surface area contributed by atoms with E-state index in [9.17, 15) is 4.39 Å². The van der Waals surface area contributed by atoms with Crippen LogP contribution < -0.4 is 10.1 Å². The number of hydrogen-bond donors (Lipinski definition) is 0. The van der Waals surface area contributed by atoms with Crippen LogP contribution in [-0.4, -0.2) is 13.1 Å². The number of anilines is 2. The van der Waals surface area contributed by atoms with Crippen molar-refractivity contribution in [2.24, 2.45) is 0 Å². The van der Waals surface area contributed by atoms with E-state index in [4.69, 9.17) is 15.2 Å². The first-order valence-electron chi connectivity index (χ1n) is 20.1. The smallest absolute Gasteiger partial charge is 0.661 e. The van der Waals surface area contributed by atoms with Crippen LogP contribution in [0.5, 0.6) is 0 Å². The molecule has 6 aromatic carbocycles. The minimum Gasteiger partial charge on any atom is -0.661 e. The Hall–Kier alpha value is -5.07. The van der Waals surface area contributed by atoms with Crippen LogP contribution in [0.4, 0.5) is 21.5 Å². The van der Waals surface area contributed by atoms with E-state index in [1.165, 1.54) is 16.8 Å². The molecule has 1 aliphatic rings. The molecule has 0 aliphatic carbocycles. The Kier molecular flexibility index (Phi) is 9.21. The number of fused-ring (bicyclic) bond motifs is 6. The molecule has 0 bridgehead atoms. The summed E-state index contributed by atoms with van der Waals surface area (Å²) in [5.74, 6) is -1.52. The largest absolute Gasteiger partial charge is 3.00 e. The molecule has 2 aromatic heterocycles. The summed E-state index contributed by atoms with van der Waals surface area (Å²) in [4.78, 5) is 6.71. The Balaban J connectivity index is 0.000000184. The van der Waals surface area contributed by atoms with E-state index in [0.717, 1.165) is 66.9 Å². The second-order valence-electron chi connectivity index (χ2n) is 15.0. The normalized spacial score (nSPS) is 15.3. The summed E-state index contributed by atoms with van der Waals surface area (Å²) in [6.07, 6.45) is 1.47. The van der Waals surface area contributed by atoms with Gasteiger partial charge in [0.2, 0.25) is 0 Å². The van der Waals surface area contributed by atoms with Crippen molar-refractivity contribution in [3.05, 3.63) is 167 Å². The molecule has 0 saturated carbocycles. The number of benzene rings is 6. The Morgan fingerprint density at radius 3 is 2.36 bits per heavy atom. The number of para-hydroxylation sites is 2. The van der Waals surface area contributed by atoms with Crippen molar-refractivity contribution in [3.8, 4) is 11.3 Å². The Labute approximate surface area is 343 Å². The maximum atomic E-state index is 14.5. The zero-order valence-electron chi connectivity index (χ0n) is 35.6. The maximum Gasteiger partial charge on any atom is 3.00 e. The fourth-order valence-electron chi connectivity index (χ4n) is 7.38. The molecule has 0 saturated heterocycles. The second-order valence-corrected chi connectivity index (χ2v) is 20.1. The zero-order valence-corrected chi connectivity index (χ0v) is 35.0. The molecule has 0 radical (unpaired) electrons. The molecule has 1 atom stereocenters. The number of rotatable bonds is 5. The van der Waals surface area contributed by atoms with E-state index in [1.807, 2.05) is 18.2 Å². The Morgan fingerprint density at radius 1 is 0.909 bits per heavy atom. The molecule has 0 N–H and O–H groups in total. The molecule has 4 nitrogen and oxygen atoms in total. The van der Waals surface area contributed by atoms with E-state index in [-0.39, 0.29) is 37.4 Å². The predicted molar refractivity (Wildman–Crippen MR) is 226 cm³/mol. The van der Waals surface area contributed by atoms with Gasteiger partial charge in [0, 0.05) is 45.2 Å². The molecule has 55 heavy (non-hydrogen) atoms. The van der Waals surface area contributed by atoms with Crippen LogP contribution in [0.3, 0.4) is 0 Å². The standard InChI is InChI=1S/C30H20N2O.C18H23FNSi.Ir/c1-19-15-17-24(29-27(19)23-13-7-8-14-26(23)33-29)30-31-25-18-16-20-9-5-6-12-22(20)28(25)32(30)21-10-3-2-4-11-21;1-12(2)15-10-17(20-11-18(15)21(4,5)6)14-8-7-13(3)9-16(14)19;/h2-16,18,30H,1H3;7,9-12H,1-6H3;/q-2;-1;+3/i;3D3,12D;. The van der Waals surface area contributed by atoms with Crippen LogP contribution in [0.15, 0.2) is 126 Å². The van der Waals surface area contributed by atoms with Crippen LogP contribution >= 0.6 is 0 Å². The summed E-state index contributed by atoms with van der Waals surface area (Å²) in [6, 6.07) is 43.8. The van der Waals surface area contributed by atoms with Gasteiger partial charge in [0.05, 0.1) is 8.07 Å². The Morgan fingerprint density at radius 2 is 1.64 bits per heavy atom. The quantitative estimate of drug-likeness (QED) is 0.128. The molecular weight excluding hydrogens is 874 g/mol. The fourth-order valence-corrected chi connectivity index (χ4v) is 8.96. The summed E-state index contributed by atoms with van der Waals surface area (Å²) in [5, 5.41) is 11.0. The number of nitrogens with zero attached hydrogens (tertiary/aromatic N) is 3. The molecule has 0 spiro atoms. The summed E-state index contributed by atoms with van der Waals surface area (Å²) in [6.45, 7) is 9.87. The third-order valence-corrected chi connectivity index (χ3v) is 12.0. The van der Waals surface area contributed by atoms with Crippen LogP contribution in [0.25, 0.3) is 49.3 Å². The fraction of sp³-hybridized carbons (Fsp3) is 0.188. The van der Waals surface area contributed by atoms with Gasteiger partial charge >= 0.3 is 20.1 Å². The number of hydrogen-bond acceptors (Lipinski definition) is 3. The summed E-state index contributed by atoms with van der Waals surface area (Å²) in [7, 11) is -1.72. The topological polar surface area (TPSA) is 43.4 Å². The van der Waals surface area contributed by atoms with Crippen LogP contribution in [0.2, 0.25) is 19.6 Å². The number of aryl methyl sites for hydroxylation is 2. The minimum absolute atomic E-state index is 0. The molecule has 3 heterocycles. The summed E-state index contributed by atoms with van der Waals surface area (Å²) in [5.41, 5.74) is 8.31. The molecule has 9 rings (SSSR count). The molecule has 1 unspecified atom stereocenters. The van der Waals surface area contributed by atoms with Gasteiger partial charge < -0.3 is 19.6 Å². The monoisotopic (exact) mass is 921 g/mol. The van der Waals surface area contributed by atoms with Gasteiger partial charge in [-0.2, -0.15) is 12.1 Å². The molecule has 7 heteroatoms. The number of furan rings is 1. The van der Waals surface area contributed by atoms with E-state index < -0.39 is 26.6 Å². The van der Waals surface area contributed by atoms with Crippen molar-refractivity contribution < 1.29 is 34.4 Å². The maximum absolute atomic E-state index is 14.5. The van der Waals surface area contributed by atoms with Crippen LogP contribution in [0, 0.1) is 31.7 Å². The van der Waals surface area contributed by atoms with Gasteiger partial charge in [0.15, 0.2) is 0 Å². The van der Waals surface area contributed by atoms with Gasteiger partial charge in [-0.3, -0.25) is 4.39 Å². The van der Waals surface area contributed by atoms with E-state index >= 15 is 0 Å². The molecule has 276 valence electrons. The number of pyridine rings is 1. The molecule has 0 fully saturated rings. The van der Waals surface area contributed by atoms with Crippen molar-refractivity contribution in [2.75, 3.05) is 4.90 Å². The van der Waals surface area contributed by atoms with E-state index in [1.54, 1.807) is 26.1 Å². The first-order valence-corrected chi connectivity index (χ1v) is 21.6. The average molecular weight is 921 g/mol. The van der Waals surface area contributed by atoms with Gasteiger partial charge in [0.1, 0.15) is 5.58 Å². The summed E-state index contributed by atoms with van der Waals surface area (Å²) < 4.78 is 51.4. The Bertz CT molecular complexity index is 2830. The van der Waals surface area contributed by atoms with E-state index in [0.29, 0.717) is 5.69 Å². The first kappa shape index (κ1) is 33.3. The van der Waals surface area contributed by atoms with Gasteiger partial charge in [-0.25, -0.2) is 0 Å². The third-order valence-electron chi connectivity index (χ3n) is 10.00. The van der Waals surface area contributed by atoms with Crippen molar-refractivity contribution >= 4 is 63.0 Å². The average Bonchev–Trinajstić information content (AvgIpc) is 3.78. The first-order chi connectivity index (χ1) is 27.5. The summed E-state index contributed by atoms with van der Waals surface area (Å²) >= 11 is 0. The van der Waals surface area contributed by atoms with Crippen molar-refractivity contribution in [2.45, 2.75) is 59.3 Å².